The summed E-state index contributed by atoms with van der Waals surface area (Å²) in [6, 6.07) is 25.9. The van der Waals surface area contributed by atoms with Gasteiger partial charge in [0.25, 0.3) is 0 Å². The fraction of sp³-hybridized carbons (Fsp3) is 0.0909. The van der Waals surface area contributed by atoms with Crippen LogP contribution in [0.4, 0.5) is 0 Å². The Labute approximate surface area is 136 Å². The lowest BCUT2D eigenvalue weighted by molar-refractivity contribution is 1.08. The number of fused-ring (bicyclic) bond motifs is 2. The molecule has 0 saturated carbocycles. The molecule has 0 atom stereocenters. The summed E-state index contributed by atoms with van der Waals surface area (Å²) in [5, 5.41) is 5.09. The Bertz CT molecular complexity index is 1010. The van der Waals surface area contributed by atoms with Crippen LogP contribution in [0.2, 0.25) is 0 Å². The molecule has 0 aliphatic heterocycles. The second-order valence-corrected chi connectivity index (χ2v) is 6.00. The molecule has 2 N–H and O–H groups in total. The smallest absolute Gasteiger partial charge is 0.0184 e. The first-order valence-corrected chi connectivity index (χ1v) is 7.99. The highest BCUT2D eigenvalue weighted by atomic mass is 14.5. The Morgan fingerprint density at radius 3 is 1.87 bits per heavy atom. The van der Waals surface area contributed by atoms with Crippen molar-refractivity contribution in [2.75, 3.05) is 0 Å². The van der Waals surface area contributed by atoms with Crippen LogP contribution in [-0.4, -0.2) is 0 Å². The fourth-order valence-corrected chi connectivity index (χ4v) is 3.49. The SMILES string of the molecule is Cc1ccc2ccccc2c1-c1c(CN)ccc2ccccc12. The van der Waals surface area contributed by atoms with Crippen molar-refractivity contribution in [3.63, 3.8) is 0 Å². The standard InChI is InChI=1S/C22H19N/c1-15-10-11-16-6-2-4-8-19(16)21(15)22-18(14-23)13-12-17-7-3-5-9-20(17)22/h2-13H,14,23H2,1H3. The van der Waals surface area contributed by atoms with E-state index >= 15 is 0 Å². The van der Waals surface area contributed by atoms with Gasteiger partial charge in [0.1, 0.15) is 0 Å². The van der Waals surface area contributed by atoms with E-state index in [0.717, 1.165) is 0 Å². The minimum atomic E-state index is 0.544. The molecule has 0 bridgehead atoms. The van der Waals surface area contributed by atoms with Gasteiger partial charge in [-0.3, -0.25) is 0 Å². The Balaban J connectivity index is 2.21. The molecule has 0 aliphatic carbocycles. The van der Waals surface area contributed by atoms with Crippen LogP contribution < -0.4 is 5.73 Å². The van der Waals surface area contributed by atoms with Gasteiger partial charge in [0, 0.05) is 6.54 Å². The lowest BCUT2D eigenvalue weighted by Crippen LogP contribution is -2.01. The zero-order valence-electron chi connectivity index (χ0n) is 13.2. The van der Waals surface area contributed by atoms with E-state index in [2.05, 4.69) is 79.7 Å². The molecule has 0 fully saturated rings. The maximum atomic E-state index is 6.07. The molecule has 4 aromatic rings. The van der Waals surface area contributed by atoms with Gasteiger partial charge in [-0.15, -0.1) is 0 Å². The van der Waals surface area contributed by atoms with Crippen LogP contribution >= 0.6 is 0 Å². The average Bonchev–Trinajstić information content (AvgIpc) is 2.61. The van der Waals surface area contributed by atoms with Gasteiger partial charge in [0.2, 0.25) is 0 Å². The Kier molecular flexibility index (Phi) is 3.36. The molecule has 0 spiro atoms. The molecular weight excluding hydrogens is 278 g/mol. The maximum absolute atomic E-state index is 6.07. The second kappa shape index (κ2) is 5.53. The highest BCUT2D eigenvalue weighted by molar-refractivity contribution is 6.07. The monoisotopic (exact) mass is 297 g/mol. The van der Waals surface area contributed by atoms with Crippen molar-refractivity contribution in [1.29, 1.82) is 0 Å². The molecule has 1 heteroatoms. The third kappa shape index (κ3) is 2.21. The summed E-state index contributed by atoms with van der Waals surface area (Å²) >= 11 is 0. The number of benzene rings is 4. The van der Waals surface area contributed by atoms with E-state index in [1.165, 1.54) is 43.8 Å². The van der Waals surface area contributed by atoms with Crippen molar-refractivity contribution in [3.05, 3.63) is 83.9 Å². The van der Waals surface area contributed by atoms with Crippen LogP contribution in [0, 0.1) is 6.92 Å². The summed E-state index contributed by atoms with van der Waals surface area (Å²) in [7, 11) is 0. The van der Waals surface area contributed by atoms with Crippen LogP contribution in [0.3, 0.4) is 0 Å². The third-order valence-corrected chi connectivity index (χ3v) is 4.62. The van der Waals surface area contributed by atoms with Gasteiger partial charge in [-0.2, -0.15) is 0 Å². The van der Waals surface area contributed by atoms with E-state index in [1.807, 2.05) is 0 Å². The molecule has 0 aromatic heterocycles. The highest BCUT2D eigenvalue weighted by Crippen LogP contribution is 2.38. The number of aryl methyl sites for hydroxylation is 1. The van der Waals surface area contributed by atoms with Crippen molar-refractivity contribution >= 4 is 21.5 Å². The van der Waals surface area contributed by atoms with E-state index in [1.54, 1.807) is 0 Å². The van der Waals surface area contributed by atoms with Crippen LogP contribution in [0.5, 0.6) is 0 Å². The molecule has 112 valence electrons. The Hall–Kier alpha value is -2.64. The van der Waals surface area contributed by atoms with Gasteiger partial charge in [-0.05, 0) is 50.7 Å². The molecule has 23 heavy (non-hydrogen) atoms. The summed E-state index contributed by atoms with van der Waals surface area (Å²) in [4.78, 5) is 0. The number of nitrogens with two attached hydrogens (primary N) is 1. The van der Waals surface area contributed by atoms with E-state index in [0.29, 0.717) is 6.54 Å². The fourth-order valence-electron chi connectivity index (χ4n) is 3.49. The number of hydrogen-bond donors (Lipinski definition) is 1. The zero-order chi connectivity index (χ0) is 15.8. The van der Waals surface area contributed by atoms with E-state index < -0.39 is 0 Å². The summed E-state index contributed by atoms with van der Waals surface area (Å²) < 4.78 is 0. The largest absolute Gasteiger partial charge is 0.326 e. The predicted octanol–water partition coefficient (Wildman–Crippen LogP) is 5.43. The topological polar surface area (TPSA) is 26.0 Å². The lowest BCUT2D eigenvalue weighted by atomic mass is 9.87. The minimum absolute atomic E-state index is 0.544. The van der Waals surface area contributed by atoms with Gasteiger partial charge < -0.3 is 5.73 Å². The van der Waals surface area contributed by atoms with Gasteiger partial charge in [-0.1, -0.05) is 72.8 Å². The highest BCUT2D eigenvalue weighted by Gasteiger charge is 2.14. The number of rotatable bonds is 2. The normalized spacial score (nSPS) is 11.2. The molecule has 4 aromatic carbocycles. The van der Waals surface area contributed by atoms with Crippen LogP contribution in [0.25, 0.3) is 32.7 Å². The van der Waals surface area contributed by atoms with E-state index in [4.69, 9.17) is 5.73 Å². The number of hydrogen-bond acceptors (Lipinski definition) is 1. The molecule has 0 aliphatic rings. The van der Waals surface area contributed by atoms with Crippen molar-refractivity contribution in [2.45, 2.75) is 13.5 Å². The maximum Gasteiger partial charge on any atom is 0.0184 e. The molecule has 1 nitrogen and oxygen atoms in total. The van der Waals surface area contributed by atoms with Crippen LogP contribution in [0.15, 0.2) is 72.8 Å². The quantitative estimate of drug-likeness (QED) is 0.525. The second-order valence-electron chi connectivity index (χ2n) is 6.00. The molecule has 0 heterocycles. The molecule has 0 saturated heterocycles. The predicted molar refractivity (Wildman–Crippen MR) is 99.5 cm³/mol. The first-order valence-electron chi connectivity index (χ1n) is 7.99. The summed E-state index contributed by atoms with van der Waals surface area (Å²) in [6.45, 7) is 2.73. The van der Waals surface area contributed by atoms with Crippen LogP contribution in [-0.2, 0) is 6.54 Å². The molecular formula is C22H19N. The summed E-state index contributed by atoms with van der Waals surface area (Å²) in [5.74, 6) is 0. The Morgan fingerprint density at radius 1 is 0.652 bits per heavy atom. The summed E-state index contributed by atoms with van der Waals surface area (Å²) in [5.41, 5.74) is 11.1. The molecule has 0 unspecified atom stereocenters. The van der Waals surface area contributed by atoms with Gasteiger partial charge >= 0.3 is 0 Å². The molecule has 4 rings (SSSR count). The minimum Gasteiger partial charge on any atom is -0.326 e. The van der Waals surface area contributed by atoms with Crippen molar-refractivity contribution in [3.8, 4) is 11.1 Å². The van der Waals surface area contributed by atoms with Crippen molar-refractivity contribution in [2.24, 2.45) is 5.73 Å². The van der Waals surface area contributed by atoms with Gasteiger partial charge in [-0.25, -0.2) is 0 Å². The van der Waals surface area contributed by atoms with Crippen LogP contribution in [0.1, 0.15) is 11.1 Å². The first kappa shape index (κ1) is 14.0. The lowest BCUT2D eigenvalue weighted by Gasteiger charge is -2.17. The molecule has 0 amide bonds. The van der Waals surface area contributed by atoms with Crippen molar-refractivity contribution < 1.29 is 0 Å². The average molecular weight is 297 g/mol. The van der Waals surface area contributed by atoms with Crippen molar-refractivity contribution in [1.82, 2.24) is 0 Å². The van der Waals surface area contributed by atoms with E-state index in [9.17, 15) is 0 Å². The first-order chi connectivity index (χ1) is 11.3. The van der Waals surface area contributed by atoms with Gasteiger partial charge in [0.15, 0.2) is 0 Å². The van der Waals surface area contributed by atoms with Gasteiger partial charge in [0.05, 0.1) is 0 Å². The Morgan fingerprint density at radius 2 is 1.22 bits per heavy atom. The van der Waals surface area contributed by atoms with E-state index in [-0.39, 0.29) is 0 Å². The summed E-state index contributed by atoms with van der Waals surface area (Å²) in [6.07, 6.45) is 0. The zero-order valence-corrected chi connectivity index (χ0v) is 13.2. The molecule has 0 radical (unpaired) electrons. The third-order valence-electron chi connectivity index (χ3n) is 4.62.